The highest BCUT2D eigenvalue weighted by atomic mass is 127. The Labute approximate surface area is 121 Å². The van der Waals surface area contributed by atoms with Crippen molar-refractivity contribution in [2.24, 2.45) is 5.92 Å². The quantitative estimate of drug-likeness (QED) is 0.840. The molecule has 0 aliphatic carbocycles. The first-order valence-corrected chi connectivity index (χ1v) is 7.44. The first-order valence-electron chi connectivity index (χ1n) is 6.36. The van der Waals surface area contributed by atoms with Crippen molar-refractivity contribution < 1.29 is 9.53 Å². The zero-order valence-corrected chi connectivity index (χ0v) is 12.6. The molecule has 3 nitrogen and oxygen atoms in total. The summed E-state index contributed by atoms with van der Waals surface area (Å²) in [4.78, 5) is 12.1. The molecule has 1 aromatic rings. The van der Waals surface area contributed by atoms with Crippen molar-refractivity contribution in [3.8, 4) is 0 Å². The van der Waals surface area contributed by atoms with Crippen LogP contribution < -0.4 is 5.32 Å². The molecule has 98 valence electrons. The molecule has 2 rings (SSSR count). The van der Waals surface area contributed by atoms with Crippen LogP contribution in [-0.2, 0) is 4.74 Å². The highest BCUT2D eigenvalue weighted by molar-refractivity contribution is 14.1. The third-order valence-electron chi connectivity index (χ3n) is 3.39. The lowest BCUT2D eigenvalue weighted by Crippen LogP contribution is -2.33. The monoisotopic (exact) mass is 359 g/mol. The summed E-state index contributed by atoms with van der Waals surface area (Å²) in [7, 11) is 0. The van der Waals surface area contributed by atoms with E-state index >= 15 is 0 Å². The zero-order valence-electron chi connectivity index (χ0n) is 10.5. The third-order valence-corrected chi connectivity index (χ3v) is 4.33. The summed E-state index contributed by atoms with van der Waals surface area (Å²) in [6.07, 6.45) is 2.37. The van der Waals surface area contributed by atoms with Gasteiger partial charge in [0.25, 0.3) is 5.91 Å². The fourth-order valence-corrected chi connectivity index (χ4v) is 2.97. The molecular weight excluding hydrogens is 341 g/mol. The molecule has 0 aromatic heterocycles. The molecule has 0 radical (unpaired) electrons. The van der Waals surface area contributed by atoms with Crippen molar-refractivity contribution in [3.05, 3.63) is 33.4 Å². The van der Waals surface area contributed by atoms with Crippen LogP contribution in [0.15, 0.2) is 24.3 Å². The van der Waals surface area contributed by atoms with E-state index < -0.39 is 0 Å². The summed E-state index contributed by atoms with van der Waals surface area (Å²) in [5, 5.41) is 3.02. The van der Waals surface area contributed by atoms with Crippen LogP contribution in [0.3, 0.4) is 0 Å². The van der Waals surface area contributed by atoms with Crippen LogP contribution in [0.1, 0.15) is 30.1 Å². The van der Waals surface area contributed by atoms with Gasteiger partial charge in [0.05, 0.1) is 11.7 Å². The molecular formula is C14H18INO2. The number of benzene rings is 1. The van der Waals surface area contributed by atoms with Gasteiger partial charge in [0.2, 0.25) is 0 Å². The lowest BCUT2D eigenvalue weighted by atomic mass is 9.99. The molecule has 0 spiro atoms. The van der Waals surface area contributed by atoms with E-state index in [1.807, 2.05) is 24.3 Å². The molecule has 4 heteroatoms. The summed E-state index contributed by atoms with van der Waals surface area (Å²) < 4.78 is 6.61. The van der Waals surface area contributed by atoms with Crippen molar-refractivity contribution in [1.82, 2.24) is 5.32 Å². The molecule has 2 unspecified atom stereocenters. The van der Waals surface area contributed by atoms with E-state index in [0.717, 1.165) is 28.6 Å². The summed E-state index contributed by atoms with van der Waals surface area (Å²) in [6.45, 7) is 3.66. The number of carbonyl (C=O) groups is 1. The predicted octanol–water partition coefficient (Wildman–Crippen LogP) is 2.84. The van der Waals surface area contributed by atoms with Gasteiger partial charge in [-0.15, -0.1) is 0 Å². The lowest BCUT2D eigenvalue weighted by Gasteiger charge is -2.17. The Kier molecular flexibility index (Phi) is 5.00. The van der Waals surface area contributed by atoms with Gasteiger partial charge in [-0.1, -0.05) is 19.1 Å². The van der Waals surface area contributed by atoms with Crippen LogP contribution in [0, 0.1) is 9.49 Å². The minimum atomic E-state index is 0.0155. The van der Waals surface area contributed by atoms with Gasteiger partial charge >= 0.3 is 0 Å². The minimum Gasteiger partial charge on any atom is -0.378 e. The second kappa shape index (κ2) is 6.52. The van der Waals surface area contributed by atoms with E-state index in [4.69, 9.17) is 4.74 Å². The highest BCUT2D eigenvalue weighted by Crippen LogP contribution is 2.22. The van der Waals surface area contributed by atoms with E-state index in [9.17, 15) is 4.79 Å². The normalized spacial score (nSPS) is 23.0. The molecule has 0 bridgehead atoms. The van der Waals surface area contributed by atoms with Crippen LogP contribution >= 0.6 is 22.6 Å². The summed E-state index contributed by atoms with van der Waals surface area (Å²) in [5.74, 6) is 0.474. The number of nitrogens with one attached hydrogen (secondary N) is 1. The van der Waals surface area contributed by atoms with Gasteiger partial charge < -0.3 is 10.1 Å². The number of amides is 1. The Morgan fingerprint density at radius 3 is 3.00 bits per heavy atom. The van der Waals surface area contributed by atoms with E-state index in [-0.39, 0.29) is 5.91 Å². The summed E-state index contributed by atoms with van der Waals surface area (Å²) in [5.41, 5.74) is 0.755. The average molecular weight is 359 g/mol. The van der Waals surface area contributed by atoms with Gasteiger partial charge in [0.1, 0.15) is 0 Å². The highest BCUT2D eigenvalue weighted by Gasteiger charge is 2.27. The zero-order chi connectivity index (χ0) is 13.0. The number of hydrogen-bond acceptors (Lipinski definition) is 2. The van der Waals surface area contributed by atoms with Gasteiger partial charge in [-0.25, -0.2) is 0 Å². The van der Waals surface area contributed by atoms with E-state index in [1.54, 1.807) is 0 Å². The first kappa shape index (κ1) is 13.8. The number of hydrogen-bond donors (Lipinski definition) is 1. The Morgan fingerprint density at radius 2 is 2.28 bits per heavy atom. The van der Waals surface area contributed by atoms with E-state index in [0.29, 0.717) is 18.6 Å². The SMILES string of the molecule is CCC1OCCC1CNC(=O)c1ccccc1I. The van der Waals surface area contributed by atoms with Crippen molar-refractivity contribution in [2.75, 3.05) is 13.2 Å². The van der Waals surface area contributed by atoms with Gasteiger partial charge in [0, 0.05) is 22.6 Å². The smallest absolute Gasteiger partial charge is 0.252 e. The number of rotatable bonds is 4. The average Bonchev–Trinajstić information content (AvgIpc) is 2.84. The Hall–Kier alpha value is -0.620. The molecule has 18 heavy (non-hydrogen) atoms. The molecule has 1 aliphatic heterocycles. The molecule has 1 heterocycles. The molecule has 1 amide bonds. The Balaban J connectivity index is 1.91. The van der Waals surface area contributed by atoms with Gasteiger partial charge in [-0.05, 0) is 47.6 Å². The Morgan fingerprint density at radius 1 is 1.50 bits per heavy atom. The summed E-state index contributed by atoms with van der Waals surface area (Å²) >= 11 is 2.19. The van der Waals surface area contributed by atoms with Crippen LogP contribution in [0.4, 0.5) is 0 Å². The number of carbonyl (C=O) groups excluding carboxylic acids is 1. The van der Waals surface area contributed by atoms with Crippen molar-refractivity contribution in [1.29, 1.82) is 0 Å². The standard InChI is InChI=1S/C14H18INO2/c1-2-13-10(7-8-18-13)9-16-14(17)11-5-3-4-6-12(11)15/h3-6,10,13H,2,7-9H2,1H3,(H,16,17). The predicted molar refractivity (Wildman–Crippen MR) is 79.6 cm³/mol. The van der Waals surface area contributed by atoms with Crippen LogP contribution in [0.25, 0.3) is 0 Å². The maximum atomic E-state index is 12.1. The van der Waals surface area contributed by atoms with Crippen molar-refractivity contribution >= 4 is 28.5 Å². The van der Waals surface area contributed by atoms with Gasteiger partial charge in [0.15, 0.2) is 0 Å². The van der Waals surface area contributed by atoms with Gasteiger partial charge in [-0.3, -0.25) is 4.79 Å². The lowest BCUT2D eigenvalue weighted by molar-refractivity contribution is 0.0826. The van der Waals surface area contributed by atoms with Crippen molar-refractivity contribution in [2.45, 2.75) is 25.9 Å². The maximum absolute atomic E-state index is 12.1. The summed E-state index contributed by atoms with van der Waals surface area (Å²) in [6, 6.07) is 7.64. The van der Waals surface area contributed by atoms with E-state index in [2.05, 4.69) is 34.8 Å². The third kappa shape index (κ3) is 3.23. The van der Waals surface area contributed by atoms with Crippen LogP contribution in [0.5, 0.6) is 0 Å². The maximum Gasteiger partial charge on any atom is 0.252 e. The first-order chi connectivity index (χ1) is 8.72. The molecule has 1 aromatic carbocycles. The fraction of sp³-hybridized carbons (Fsp3) is 0.500. The second-order valence-corrected chi connectivity index (χ2v) is 5.72. The molecule has 1 N–H and O–H groups in total. The largest absolute Gasteiger partial charge is 0.378 e. The van der Waals surface area contributed by atoms with Crippen LogP contribution in [0.2, 0.25) is 0 Å². The van der Waals surface area contributed by atoms with Crippen LogP contribution in [-0.4, -0.2) is 25.2 Å². The molecule has 0 saturated carbocycles. The van der Waals surface area contributed by atoms with Gasteiger partial charge in [-0.2, -0.15) is 0 Å². The van der Waals surface area contributed by atoms with Crippen molar-refractivity contribution in [3.63, 3.8) is 0 Å². The fourth-order valence-electron chi connectivity index (χ4n) is 2.34. The molecule has 2 atom stereocenters. The topological polar surface area (TPSA) is 38.3 Å². The molecule has 1 saturated heterocycles. The minimum absolute atomic E-state index is 0.0155. The Bertz CT molecular complexity index is 422. The molecule has 1 aliphatic rings. The molecule has 1 fully saturated rings. The second-order valence-electron chi connectivity index (χ2n) is 4.56. The number of ether oxygens (including phenoxy) is 1. The van der Waals surface area contributed by atoms with E-state index in [1.165, 1.54) is 0 Å². The number of halogens is 1.